The number of aryl methyl sites for hydroxylation is 1. The van der Waals surface area contributed by atoms with E-state index in [-0.39, 0.29) is 36.8 Å². The Bertz CT molecular complexity index is 662. The Balaban J connectivity index is 0.00000288. The van der Waals surface area contributed by atoms with Crippen LogP contribution in [0.25, 0.3) is 11.3 Å². The SMILES string of the molecule is Cc1nc(-c2ccsc2)ccc1C(=O)N(C)CCC(N)C(C)C.Cl.Cl. The van der Waals surface area contributed by atoms with Gasteiger partial charge >= 0.3 is 0 Å². The van der Waals surface area contributed by atoms with Crippen LogP contribution in [0.4, 0.5) is 0 Å². The van der Waals surface area contributed by atoms with E-state index in [1.807, 2.05) is 37.6 Å². The predicted molar refractivity (Wildman–Crippen MR) is 111 cm³/mol. The van der Waals surface area contributed by atoms with Crippen molar-refractivity contribution in [1.29, 1.82) is 0 Å². The third kappa shape index (κ3) is 6.26. The largest absolute Gasteiger partial charge is 0.342 e. The molecule has 7 heteroatoms. The van der Waals surface area contributed by atoms with Crippen molar-refractivity contribution in [1.82, 2.24) is 9.88 Å². The number of amides is 1. The van der Waals surface area contributed by atoms with Crippen molar-refractivity contribution < 1.29 is 4.79 Å². The second kappa shape index (κ2) is 10.8. The van der Waals surface area contributed by atoms with E-state index >= 15 is 0 Å². The first-order valence-electron chi connectivity index (χ1n) is 7.91. The molecule has 0 aliphatic rings. The summed E-state index contributed by atoms with van der Waals surface area (Å²) in [7, 11) is 1.82. The summed E-state index contributed by atoms with van der Waals surface area (Å²) in [5, 5.41) is 4.08. The van der Waals surface area contributed by atoms with Crippen LogP contribution in [0.2, 0.25) is 0 Å². The number of thiophene rings is 1. The summed E-state index contributed by atoms with van der Waals surface area (Å²) in [6.45, 7) is 6.74. The summed E-state index contributed by atoms with van der Waals surface area (Å²) in [5.74, 6) is 0.426. The Morgan fingerprint density at radius 3 is 2.48 bits per heavy atom. The van der Waals surface area contributed by atoms with E-state index in [1.54, 1.807) is 16.2 Å². The van der Waals surface area contributed by atoms with Gasteiger partial charge in [0, 0.05) is 30.6 Å². The topological polar surface area (TPSA) is 59.2 Å². The van der Waals surface area contributed by atoms with Gasteiger partial charge in [0.05, 0.1) is 17.0 Å². The van der Waals surface area contributed by atoms with Gasteiger partial charge in [0.1, 0.15) is 0 Å². The molecule has 0 aromatic carbocycles. The van der Waals surface area contributed by atoms with Crippen LogP contribution in [-0.4, -0.2) is 35.4 Å². The number of hydrogen-bond donors (Lipinski definition) is 1. The van der Waals surface area contributed by atoms with Crippen molar-refractivity contribution in [2.45, 2.75) is 33.2 Å². The molecule has 1 unspecified atom stereocenters. The normalized spacial score (nSPS) is 11.4. The minimum Gasteiger partial charge on any atom is -0.342 e. The molecule has 25 heavy (non-hydrogen) atoms. The Kier molecular flexibility index (Phi) is 10.3. The fourth-order valence-corrected chi connectivity index (χ4v) is 2.99. The van der Waals surface area contributed by atoms with Crippen molar-refractivity contribution in [3.8, 4) is 11.3 Å². The number of hydrogen-bond acceptors (Lipinski definition) is 4. The average molecular weight is 404 g/mol. The number of nitrogens with two attached hydrogens (primary N) is 1. The Morgan fingerprint density at radius 1 is 1.28 bits per heavy atom. The van der Waals surface area contributed by atoms with E-state index in [0.29, 0.717) is 18.0 Å². The first kappa shape index (κ1) is 23.9. The molecule has 2 heterocycles. The summed E-state index contributed by atoms with van der Waals surface area (Å²) in [5.41, 5.74) is 9.48. The van der Waals surface area contributed by atoms with Crippen LogP contribution in [-0.2, 0) is 0 Å². The summed E-state index contributed by atoms with van der Waals surface area (Å²) >= 11 is 1.64. The molecule has 0 saturated carbocycles. The van der Waals surface area contributed by atoms with E-state index in [9.17, 15) is 4.79 Å². The van der Waals surface area contributed by atoms with Gasteiger partial charge in [-0.15, -0.1) is 24.8 Å². The van der Waals surface area contributed by atoms with Gasteiger partial charge in [-0.05, 0) is 42.8 Å². The molecule has 2 aromatic heterocycles. The number of carbonyl (C=O) groups is 1. The van der Waals surface area contributed by atoms with Crippen LogP contribution in [0.3, 0.4) is 0 Å². The lowest BCUT2D eigenvalue weighted by molar-refractivity contribution is 0.0788. The maximum atomic E-state index is 12.6. The van der Waals surface area contributed by atoms with E-state index in [4.69, 9.17) is 5.73 Å². The van der Waals surface area contributed by atoms with E-state index in [0.717, 1.165) is 23.4 Å². The third-order valence-electron chi connectivity index (χ3n) is 4.13. The monoisotopic (exact) mass is 403 g/mol. The molecular weight excluding hydrogens is 377 g/mol. The molecule has 4 nitrogen and oxygen atoms in total. The van der Waals surface area contributed by atoms with Gasteiger partial charge < -0.3 is 10.6 Å². The Hall–Kier alpha value is -1.14. The molecule has 2 aromatic rings. The first-order chi connectivity index (χ1) is 10.9. The van der Waals surface area contributed by atoms with Crippen LogP contribution < -0.4 is 5.73 Å². The lowest BCUT2D eigenvalue weighted by Gasteiger charge is -2.22. The highest BCUT2D eigenvalue weighted by Gasteiger charge is 2.17. The number of pyridine rings is 1. The maximum absolute atomic E-state index is 12.6. The van der Waals surface area contributed by atoms with E-state index in [1.165, 1.54) is 0 Å². The zero-order chi connectivity index (χ0) is 17.0. The molecule has 0 aliphatic carbocycles. The van der Waals surface area contributed by atoms with Gasteiger partial charge in [-0.1, -0.05) is 13.8 Å². The fourth-order valence-electron chi connectivity index (χ4n) is 2.34. The Morgan fingerprint density at radius 2 is 1.96 bits per heavy atom. The van der Waals surface area contributed by atoms with Crippen molar-refractivity contribution in [3.63, 3.8) is 0 Å². The van der Waals surface area contributed by atoms with Crippen molar-refractivity contribution >= 4 is 42.1 Å². The number of halogens is 2. The van der Waals surface area contributed by atoms with Crippen LogP contribution in [0.5, 0.6) is 0 Å². The summed E-state index contributed by atoms with van der Waals surface area (Å²) in [4.78, 5) is 18.9. The molecule has 0 fully saturated rings. The highest BCUT2D eigenvalue weighted by molar-refractivity contribution is 7.08. The molecule has 0 aliphatic heterocycles. The Labute approximate surface area is 166 Å². The van der Waals surface area contributed by atoms with Gasteiger partial charge in [-0.2, -0.15) is 11.3 Å². The van der Waals surface area contributed by atoms with Crippen molar-refractivity contribution in [3.05, 3.63) is 40.2 Å². The minimum atomic E-state index is 0. The predicted octanol–water partition coefficient (Wildman–Crippen LogP) is 4.41. The second-order valence-corrected chi connectivity index (χ2v) is 7.04. The lowest BCUT2D eigenvalue weighted by Crippen LogP contribution is -2.35. The van der Waals surface area contributed by atoms with Gasteiger partial charge in [0.2, 0.25) is 0 Å². The molecule has 0 radical (unpaired) electrons. The first-order valence-corrected chi connectivity index (χ1v) is 8.85. The smallest absolute Gasteiger partial charge is 0.255 e. The number of nitrogens with zero attached hydrogens (tertiary/aromatic N) is 2. The molecule has 0 bridgehead atoms. The lowest BCUT2D eigenvalue weighted by atomic mass is 10.0. The summed E-state index contributed by atoms with van der Waals surface area (Å²) in [6.07, 6.45) is 0.805. The van der Waals surface area contributed by atoms with Crippen LogP contribution in [0.15, 0.2) is 29.0 Å². The van der Waals surface area contributed by atoms with Crippen molar-refractivity contribution in [2.75, 3.05) is 13.6 Å². The minimum absolute atomic E-state index is 0. The maximum Gasteiger partial charge on any atom is 0.255 e. The number of rotatable bonds is 6. The number of carbonyl (C=O) groups excluding carboxylic acids is 1. The van der Waals surface area contributed by atoms with Crippen LogP contribution in [0.1, 0.15) is 36.3 Å². The summed E-state index contributed by atoms with van der Waals surface area (Å²) in [6, 6.07) is 5.94. The summed E-state index contributed by atoms with van der Waals surface area (Å²) < 4.78 is 0. The number of aromatic nitrogens is 1. The van der Waals surface area contributed by atoms with Crippen molar-refractivity contribution in [2.24, 2.45) is 11.7 Å². The zero-order valence-corrected chi connectivity index (χ0v) is 17.5. The van der Waals surface area contributed by atoms with Gasteiger partial charge in [-0.3, -0.25) is 9.78 Å². The molecule has 1 amide bonds. The van der Waals surface area contributed by atoms with E-state index < -0.39 is 0 Å². The van der Waals surface area contributed by atoms with Crippen LogP contribution in [0, 0.1) is 12.8 Å². The standard InChI is InChI=1S/C18H25N3OS.2ClH/c1-12(2)16(19)7-9-21(4)18(22)15-5-6-17(20-13(15)3)14-8-10-23-11-14;;/h5-6,8,10-12,16H,7,9,19H2,1-4H3;2*1H. The van der Waals surface area contributed by atoms with Gasteiger partial charge in [0.15, 0.2) is 0 Å². The average Bonchev–Trinajstić information content (AvgIpc) is 3.05. The fraction of sp³-hybridized carbons (Fsp3) is 0.444. The third-order valence-corrected chi connectivity index (χ3v) is 4.82. The highest BCUT2D eigenvalue weighted by atomic mass is 35.5. The van der Waals surface area contributed by atoms with Gasteiger partial charge in [0.25, 0.3) is 5.91 Å². The molecule has 2 rings (SSSR count). The molecule has 1 atom stereocenters. The second-order valence-electron chi connectivity index (χ2n) is 6.26. The molecule has 140 valence electrons. The molecular formula is C18H27Cl2N3OS. The van der Waals surface area contributed by atoms with E-state index in [2.05, 4.69) is 24.2 Å². The highest BCUT2D eigenvalue weighted by Crippen LogP contribution is 2.22. The molecule has 0 saturated heterocycles. The quantitative estimate of drug-likeness (QED) is 0.776. The molecule has 0 spiro atoms. The van der Waals surface area contributed by atoms with Gasteiger partial charge in [-0.25, -0.2) is 0 Å². The zero-order valence-electron chi connectivity index (χ0n) is 15.1. The van der Waals surface area contributed by atoms with Crippen LogP contribution >= 0.6 is 36.2 Å². The molecule has 2 N–H and O–H groups in total.